The van der Waals surface area contributed by atoms with Crippen LogP contribution in [0.4, 0.5) is 0 Å². The highest BCUT2D eigenvalue weighted by atomic mass is 14.2. The minimum Gasteiger partial charge on any atom is -0.0625 e. The van der Waals surface area contributed by atoms with E-state index in [1.165, 1.54) is 35.1 Å². The second-order valence-electron chi connectivity index (χ2n) is 5.16. The van der Waals surface area contributed by atoms with E-state index in [1.54, 1.807) is 5.57 Å². The normalized spacial score (nSPS) is 15.0. The summed E-state index contributed by atoms with van der Waals surface area (Å²) in [4.78, 5) is 0. The molecule has 0 nitrogen and oxygen atoms in total. The summed E-state index contributed by atoms with van der Waals surface area (Å²) in [5.41, 5.74) is 7.56. The molecule has 1 aliphatic carbocycles. The van der Waals surface area contributed by atoms with Crippen molar-refractivity contribution in [1.29, 1.82) is 0 Å². The predicted molar refractivity (Wildman–Crippen MR) is 66.9 cm³/mol. The van der Waals surface area contributed by atoms with Gasteiger partial charge in [-0.05, 0) is 49.3 Å². The van der Waals surface area contributed by atoms with Gasteiger partial charge < -0.3 is 0 Å². The van der Waals surface area contributed by atoms with Gasteiger partial charge in [-0.25, -0.2) is 0 Å². The van der Waals surface area contributed by atoms with Gasteiger partial charge in [0.1, 0.15) is 0 Å². The molecule has 0 bridgehead atoms. The van der Waals surface area contributed by atoms with Gasteiger partial charge in [0, 0.05) is 0 Å². The van der Waals surface area contributed by atoms with Gasteiger partial charge >= 0.3 is 0 Å². The second kappa shape index (κ2) is 3.84. The summed E-state index contributed by atoms with van der Waals surface area (Å²) < 4.78 is 0. The Labute approximate surface area is 93.0 Å². The van der Waals surface area contributed by atoms with Gasteiger partial charge in [-0.2, -0.15) is 0 Å². The third-order valence-electron chi connectivity index (χ3n) is 3.26. The van der Waals surface area contributed by atoms with Crippen LogP contribution >= 0.6 is 0 Å². The number of allylic oxidation sites excluding steroid dienone is 2. The van der Waals surface area contributed by atoms with Crippen LogP contribution in [-0.2, 0) is 6.42 Å². The van der Waals surface area contributed by atoms with E-state index in [0.717, 1.165) is 5.92 Å². The lowest BCUT2D eigenvalue weighted by Gasteiger charge is -2.06. The zero-order chi connectivity index (χ0) is 11.0. The zero-order valence-electron chi connectivity index (χ0n) is 10.2. The van der Waals surface area contributed by atoms with E-state index >= 15 is 0 Å². The third kappa shape index (κ3) is 1.99. The van der Waals surface area contributed by atoms with Gasteiger partial charge in [0.25, 0.3) is 0 Å². The molecule has 15 heavy (non-hydrogen) atoms. The van der Waals surface area contributed by atoms with Crippen LogP contribution in [0.25, 0.3) is 5.57 Å². The third-order valence-corrected chi connectivity index (χ3v) is 3.26. The summed E-state index contributed by atoms with van der Waals surface area (Å²) in [5.74, 6) is 0.769. The maximum atomic E-state index is 2.33. The molecule has 0 aromatic heterocycles. The van der Waals surface area contributed by atoms with Crippen LogP contribution in [0.15, 0.2) is 23.8 Å². The molecule has 0 heteroatoms. The SMILES string of the molecule is CC1=C(CC(C)C)Cc2ccc(C)cc21. The van der Waals surface area contributed by atoms with Crippen LogP contribution in [0.5, 0.6) is 0 Å². The average Bonchev–Trinajstić information content (AvgIpc) is 2.44. The molecule has 0 radical (unpaired) electrons. The Morgan fingerprint density at radius 2 is 1.93 bits per heavy atom. The molecule has 80 valence electrons. The van der Waals surface area contributed by atoms with Crippen molar-refractivity contribution < 1.29 is 0 Å². The number of benzene rings is 1. The van der Waals surface area contributed by atoms with E-state index in [-0.39, 0.29) is 0 Å². The molecule has 0 heterocycles. The maximum Gasteiger partial charge on any atom is -0.00550 e. The summed E-state index contributed by atoms with van der Waals surface area (Å²) in [6.45, 7) is 9.06. The lowest BCUT2D eigenvalue weighted by molar-refractivity contribution is 0.637. The molecule has 0 amide bonds. The Bertz CT molecular complexity index is 408. The molecule has 0 atom stereocenters. The van der Waals surface area contributed by atoms with Crippen LogP contribution in [0.1, 0.15) is 43.9 Å². The zero-order valence-corrected chi connectivity index (χ0v) is 10.2. The lowest BCUT2D eigenvalue weighted by atomic mass is 9.99. The average molecular weight is 200 g/mol. The van der Waals surface area contributed by atoms with Crippen LogP contribution in [0.3, 0.4) is 0 Å². The highest BCUT2D eigenvalue weighted by Crippen LogP contribution is 2.35. The fourth-order valence-corrected chi connectivity index (χ4v) is 2.46. The Hall–Kier alpha value is -1.04. The van der Waals surface area contributed by atoms with E-state index in [4.69, 9.17) is 0 Å². The van der Waals surface area contributed by atoms with Crippen molar-refractivity contribution in [2.24, 2.45) is 5.92 Å². The fourth-order valence-electron chi connectivity index (χ4n) is 2.46. The number of aryl methyl sites for hydroxylation is 1. The van der Waals surface area contributed by atoms with Crippen LogP contribution in [0.2, 0.25) is 0 Å². The monoisotopic (exact) mass is 200 g/mol. The molecule has 2 rings (SSSR count). The largest absolute Gasteiger partial charge is 0.0625 e. The summed E-state index contributed by atoms with van der Waals surface area (Å²) in [5, 5.41) is 0. The summed E-state index contributed by atoms with van der Waals surface area (Å²) >= 11 is 0. The van der Waals surface area contributed by atoms with Gasteiger partial charge in [-0.1, -0.05) is 43.2 Å². The van der Waals surface area contributed by atoms with E-state index in [2.05, 4.69) is 45.9 Å². The molecule has 1 aromatic carbocycles. The molecule has 0 N–H and O–H groups in total. The van der Waals surface area contributed by atoms with E-state index in [9.17, 15) is 0 Å². The van der Waals surface area contributed by atoms with Crippen molar-refractivity contribution >= 4 is 5.57 Å². The highest BCUT2D eigenvalue weighted by molar-refractivity contribution is 5.75. The van der Waals surface area contributed by atoms with Crippen molar-refractivity contribution in [3.63, 3.8) is 0 Å². The maximum absolute atomic E-state index is 2.33. The Morgan fingerprint density at radius 1 is 1.20 bits per heavy atom. The topological polar surface area (TPSA) is 0 Å². The molecular formula is C15H20. The molecule has 0 aliphatic heterocycles. The number of hydrogen-bond acceptors (Lipinski definition) is 0. The van der Waals surface area contributed by atoms with Crippen molar-refractivity contribution in [2.75, 3.05) is 0 Å². The van der Waals surface area contributed by atoms with Crippen molar-refractivity contribution in [1.82, 2.24) is 0 Å². The Kier molecular flexibility index (Phi) is 2.68. The first-order valence-electron chi connectivity index (χ1n) is 5.86. The fraction of sp³-hybridized carbons (Fsp3) is 0.467. The minimum atomic E-state index is 0.769. The van der Waals surface area contributed by atoms with E-state index in [0.29, 0.717) is 0 Å². The molecular weight excluding hydrogens is 180 g/mol. The van der Waals surface area contributed by atoms with Crippen molar-refractivity contribution in [3.8, 4) is 0 Å². The first-order valence-corrected chi connectivity index (χ1v) is 5.86. The van der Waals surface area contributed by atoms with Gasteiger partial charge in [-0.3, -0.25) is 0 Å². The lowest BCUT2D eigenvalue weighted by Crippen LogP contribution is -1.92. The molecule has 1 aliphatic rings. The molecule has 0 saturated heterocycles. The Balaban J connectivity index is 2.34. The molecule has 1 aromatic rings. The molecule has 0 fully saturated rings. The quantitative estimate of drug-likeness (QED) is 0.665. The van der Waals surface area contributed by atoms with Gasteiger partial charge in [0.05, 0.1) is 0 Å². The minimum absolute atomic E-state index is 0.769. The van der Waals surface area contributed by atoms with Crippen LogP contribution < -0.4 is 0 Å². The highest BCUT2D eigenvalue weighted by Gasteiger charge is 2.18. The van der Waals surface area contributed by atoms with Gasteiger partial charge in [-0.15, -0.1) is 0 Å². The van der Waals surface area contributed by atoms with Crippen LogP contribution in [0, 0.1) is 12.8 Å². The summed E-state index contributed by atoms with van der Waals surface area (Å²) in [6, 6.07) is 6.85. The van der Waals surface area contributed by atoms with Crippen molar-refractivity contribution in [2.45, 2.75) is 40.5 Å². The Morgan fingerprint density at radius 3 is 2.60 bits per heavy atom. The first kappa shape index (κ1) is 10.5. The smallest absolute Gasteiger partial charge is 0.00550 e. The molecule has 0 saturated carbocycles. The predicted octanol–water partition coefficient (Wildman–Crippen LogP) is 4.37. The summed E-state index contributed by atoms with van der Waals surface area (Å²) in [7, 11) is 0. The molecule has 0 spiro atoms. The number of hydrogen-bond donors (Lipinski definition) is 0. The van der Waals surface area contributed by atoms with Crippen LogP contribution in [-0.4, -0.2) is 0 Å². The second-order valence-corrected chi connectivity index (χ2v) is 5.16. The van der Waals surface area contributed by atoms with Crippen molar-refractivity contribution in [3.05, 3.63) is 40.5 Å². The first-order chi connectivity index (χ1) is 7.08. The van der Waals surface area contributed by atoms with Gasteiger partial charge in [0.15, 0.2) is 0 Å². The van der Waals surface area contributed by atoms with Gasteiger partial charge in [0.2, 0.25) is 0 Å². The van der Waals surface area contributed by atoms with E-state index in [1.807, 2.05) is 0 Å². The van der Waals surface area contributed by atoms with E-state index < -0.39 is 0 Å². The standard InChI is InChI=1S/C15H20/c1-10(2)7-14-9-13-6-5-11(3)8-15(13)12(14)4/h5-6,8,10H,7,9H2,1-4H3. The summed E-state index contributed by atoms with van der Waals surface area (Å²) in [6.07, 6.45) is 2.43. The molecule has 0 unspecified atom stereocenters. The number of rotatable bonds is 2. The number of fused-ring (bicyclic) bond motifs is 1.